The molecule has 138 valence electrons. The number of allylic oxidation sites excluding steroid dienone is 1. The van der Waals surface area contributed by atoms with E-state index >= 15 is 0 Å². The predicted molar refractivity (Wildman–Crippen MR) is 103 cm³/mol. The van der Waals surface area contributed by atoms with Crippen molar-refractivity contribution in [1.82, 2.24) is 0 Å². The summed E-state index contributed by atoms with van der Waals surface area (Å²) in [6, 6.07) is 7.63. The average Bonchev–Trinajstić information content (AvgIpc) is 2.63. The van der Waals surface area contributed by atoms with E-state index in [1.807, 2.05) is 47.0 Å². The predicted octanol–water partition coefficient (Wildman–Crippen LogP) is 3.33. The lowest BCUT2D eigenvalue weighted by Crippen LogP contribution is -2.29. The molecule has 0 radical (unpaired) electrons. The van der Waals surface area contributed by atoms with E-state index in [9.17, 15) is 0 Å². The molecule has 6 nitrogen and oxygen atoms in total. The summed E-state index contributed by atoms with van der Waals surface area (Å²) in [5.74, 6) is 0.901. The Kier molecular flexibility index (Phi) is 10.4. The summed E-state index contributed by atoms with van der Waals surface area (Å²) in [7, 11) is 1.98. The summed E-state index contributed by atoms with van der Waals surface area (Å²) >= 11 is 0. The second-order valence-corrected chi connectivity index (χ2v) is 5.70. The summed E-state index contributed by atoms with van der Waals surface area (Å²) in [5.41, 5.74) is 1.72. The molecule has 0 aromatic heterocycles. The Bertz CT molecular complexity index is 574. The molecule has 0 heterocycles. The summed E-state index contributed by atoms with van der Waals surface area (Å²) in [6.07, 6.45) is 7.15. The molecule has 0 spiro atoms. The number of unbranched alkanes of at least 4 members (excludes halogenated alkanes) is 1. The molecule has 0 saturated heterocycles. The minimum absolute atomic E-state index is 0.0498. The molecule has 0 bridgehead atoms. The molecular formula is C19H31N4O2+. The first-order valence-electron chi connectivity index (χ1n) is 8.90. The lowest BCUT2D eigenvalue weighted by atomic mass is 10.2. The third-order valence-corrected chi connectivity index (χ3v) is 3.74. The lowest BCUT2D eigenvalue weighted by molar-refractivity contribution is -0.424. The molecule has 6 heteroatoms. The number of benzene rings is 1. The van der Waals surface area contributed by atoms with Crippen molar-refractivity contribution in [2.24, 2.45) is 10.2 Å². The minimum atomic E-state index is 0.0498. The van der Waals surface area contributed by atoms with Gasteiger partial charge in [-0.25, -0.2) is 4.58 Å². The highest BCUT2D eigenvalue weighted by molar-refractivity contribution is 5.77. The van der Waals surface area contributed by atoms with Crippen molar-refractivity contribution in [3.05, 3.63) is 36.5 Å². The number of hydrogen-bond acceptors (Lipinski definition) is 4. The van der Waals surface area contributed by atoms with Crippen LogP contribution in [0.5, 0.6) is 0 Å². The molecule has 0 aliphatic heterocycles. The summed E-state index contributed by atoms with van der Waals surface area (Å²) in [6.45, 7) is 5.29. The molecule has 1 rings (SSSR count). The van der Waals surface area contributed by atoms with Gasteiger partial charge in [-0.15, -0.1) is 0 Å². The molecule has 0 aliphatic rings. The quantitative estimate of drug-likeness (QED) is 0.295. The maximum absolute atomic E-state index is 9.11. The SMILES string of the molecule is CCC\C=C/[N+](C)=C(CC)/N=N\c1ccc(N(CCO)CCO)cc1. The molecule has 0 aliphatic carbocycles. The Labute approximate surface area is 150 Å². The van der Waals surface area contributed by atoms with Gasteiger partial charge in [0.2, 0.25) is 0 Å². The normalized spacial score (nSPS) is 12.8. The van der Waals surface area contributed by atoms with Gasteiger partial charge in [-0.1, -0.05) is 20.3 Å². The summed E-state index contributed by atoms with van der Waals surface area (Å²) in [5, 5.41) is 26.9. The average molecular weight is 347 g/mol. The van der Waals surface area contributed by atoms with Gasteiger partial charge in [0, 0.05) is 18.8 Å². The molecule has 25 heavy (non-hydrogen) atoms. The van der Waals surface area contributed by atoms with Gasteiger partial charge in [0.1, 0.15) is 5.69 Å². The number of rotatable bonds is 10. The van der Waals surface area contributed by atoms with Crippen LogP contribution in [0.2, 0.25) is 0 Å². The van der Waals surface area contributed by atoms with Crippen LogP contribution in [0.25, 0.3) is 0 Å². The van der Waals surface area contributed by atoms with E-state index in [0.717, 1.165) is 36.5 Å². The van der Waals surface area contributed by atoms with Crippen LogP contribution in [-0.2, 0) is 0 Å². The Balaban J connectivity index is 2.84. The monoisotopic (exact) mass is 347 g/mol. The van der Waals surface area contributed by atoms with Crippen LogP contribution in [0.4, 0.5) is 11.4 Å². The number of aliphatic hydroxyl groups excluding tert-OH is 2. The van der Waals surface area contributed by atoms with Crippen molar-refractivity contribution in [2.45, 2.75) is 33.1 Å². The molecule has 0 unspecified atom stereocenters. The van der Waals surface area contributed by atoms with Gasteiger partial charge in [-0.3, -0.25) is 0 Å². The molecule has 2 N–H and O–H groups in total. The third kappa shape index (κ3) is 7.58. The van der Waals surface area contributed by atoms with Crippen LogP contribution in [0.3, 0.4) is 0 Å². The molecule has 0 atom stereocenters. The summed E-state index contributed by atoms with van der Waals surface area (Å²) < 4.78 is 2.00. The zero-order valence-corrected chi connectivity index (χ0v) is 15.6. The Hall–Kier alpha value is -2.05. The Morgan fingerprint density at radius 3 is 2.28 bits per heavy atom. The van der Waals surface area contributed by atoms with Gasteiger partial charge in [0.25, 0.3) is 0 Å². The lowest BCUT2D eigenvalue weighted by Gasteiger charge is -2.22. The third-order valence-electron chi connectivity index (χ3n) is 3.74. The van der Waals surface area contributed by atoms with Crippen LogP contribution in [-0.4, -0.2) is 54.0 Å². The molecule has 0 amide bonds. The van der Waals surface area contributed by atoms with Crippen molar-refractivity contribution in [3.63, 3.8) is 0 Å². The van der Waals surface area contributed by atoms with Crippen LogP contribution in [0.15, 0.2) is 46.8 Å². The van der Waals surface area contributed by atoms with E-state index in [0.29, 0.717) is 13.1 Å². The molecule has 0 fully saturated rings. The standard InChI is InChI=1S/C19H31N4O2/c1-4-6-7-12-22(3)19(5-2)21-20-17-8-10-18(11-9-17)23(13-15-24)14-16-25/h7-12,24-25H,4-6,13-16H2,1-3H3/q+1/b12-7-. The fourth-order valence-corrected chi connectivity index (χ4v) is 2.33. The Morgan fingerprint density at radius 2 is 1.76 bits per heavy atom. The molecule has 1 aromatic carbocycles. The first-order valence-corrected chi connectivity index (χ1v) is 8.90. The van der Waals surface area contributed by atoms with E-state index in [4.69, 9.17) is 10.2 Å². The van der Waals surface area contributed by atoms with Crippen LogP contribution in [0, 0.1) is 0 Å². The van der Waals surface area contributed by atoms with Crippen LogP contribution in [0.1, 0.15) is 33.1 Å². The fraction of sp³-hybridized carbons (Fsp3) is 0.526. The minimum Gasteiger partial charge on any atom is -0.395 e. The zero-order valence-electron chi connectivity index (χ0n) is 15.6. The second kappa shape index (κ2) is 12.3. The largest absolute Gasteiger partial charge is 0.395 e. The first-order chi connectivity index (χ1) is 12.2. The number of amidine groups is 1. The van der Waals surface area contributed by atoms with Crippen molar-refractivity contribution >= 4 is 17.2 Å². The maximum atomic E-state index is 9.11. The van der Waals surface area contributed by atoms with Gasteiger partial charge in [-0.05, 0) is 41.9 Å². The second-order valence-electron chi connectivity index (χ2n) is 5.70. The van der Waals surface area contributed by atoms with Crippen LogP contribution < -0.4 is 4.90 Å². The first kappa shape index (κ1) is 21.0. The van der Waals surface area contributed by atoms with E-state index < -0.39 is 0 Å². The Morgan fingerprint density at radius 1 is 1.12 bits per heavy atom. The van der Waals surface area contributed by atoms with Gasteiger partial charge in [0.05, 0.1) is 38.0 Å². The van der Waals surface area contributed by atoms with Crippen molar-refractivity contribution < 1.29 is 14.8 Å². The van der Waals surface area contributed by atoms with Crippen molar-refractivity contribution in [1.29, 1.82) is 0 Å². The maximum Gasteiger partial charge on any atom is 0.325 e. The number of aliphatic hydroxyl groups is 2. The van der Waals surface area contributed by atoms with Gasteiger partial charge in [0.15, 0.2) is 0 Å². The molecule has 0 saturated carbocycles. The fourth-order valence-electron chi connectivity index (χ4n) is 2.33. The van der Waals surface area contributed by atoms with Crippen LogP contribution >= 0.6 is 0 Å². The van der Waals surface area contributed by atoms with Gasteiger partial charge in [-0.2, -0.15) is 0 Å². The van der Waals surface area contributed by atoms with E-state index in [2.05, 4.69) is 30.2 Å². The van der Waals surface area contributed by atoms with E-state index in [1.165, 1.54) is 0 Å². The highest BCUT2D eigenvalue weighted by atomic mass is 16.3. The zero-order chi connectivity index (χ0) is 18.5. The van der Waals surface area contributed by atoms with Gasteiger partial charge < -0.3 is 15.1 Å². The van der Waals surface area contributed by atoms with Crippen molar-refractivity contribution in [2.75, 3.05) is 38.3 Å². The topological polar surface area (TPSA) is 71.4 Å². The van der Waals surface area contributed by atoms with Gasteiger partial charge >= 0.3 is 5.84 Å². The van der Waals surface area contributed by atoms with E-state index in [-0.39, 0.29) is 13.2 Å². The number of hydrogen-bond donors (Lipinski definition) is 2. The number of anilines is 1. The van der Waals surface area contributed by atoms with Crippen molar-refractivity contribution in [3.8, 4) is 0 Å². The smallest absolute Gasteiger partial charge is 0.325 e. The summed E-state index contributed by atoms with van der Waals surface area (Å²) in [4.78, 5) is 1.93. The highest BCUT2D eigenvalue weighted by Gasteiger charge is 2.08. The van der Waals surface area contributed by atoms with E-state index in [1.54, 1.807) is 0 Å². The number of azo groups is 1. The highest BCUT2D eigenvalue weighted by Crippen LogP contribution is 2.20. The molecule has 1 aromatic rings. The number of nitrogens with zero attached hydrogens (tertiary/aromatic N) is 4. The molecular weight excluding hydrogens is 316 g/mol.